The van der Waals surface area contributed by atoms with E-state index >= 15 is 0 Å². The summed E-state index contributed by atoms with van der Waals surface area (Å²) in [5.74, 6) is -0.125. The molecule has 1 heterocycles. The van der Waals surface area contributed by atoms with E-state index in [0.29, 0.717) is 28.3 Å². The normalized spacial score (nSPS) is 12.5. The Morgan fingerprint density at radius 1 is 1.10 bits per heavy atom. The Bertz CT molecular complexity index is 1490. The number of nitrogen functional groups attached to an aromatic ring is 1. The number of amidine groups is 1. The van der Waals surface area contributed by atoms with Crippen LogP contribution in [0, 0.1) is 0 Å². The highest BCUT2D eigenvalue weighted by Gasteiger charge is 2.20. The summed E-state index contributed by atoms with van der Waals surface area (Å²) >= 11 is 0. The third-order valence-electron chi connectivity index (χ3n) is 6.33. The number of anilines is 2. The number of rotatable bonds is 10. The van der Waals surface area contributed by atoms with Crippen molar-refractivity contribution in [3.63, 3.8) is 0 Å². The number of carbonyl (C=O) groups is 2. The van der Waals surface area contributed by atoms with Crippen molar-refractivity contribution in [2.24, 2.45) is 10.7 Å². The van der Waals surface area contributed by atoms with Gasteiger partial charge in [-0.05, 0) is 57.9 Å². The molecule has 0 aliphatic rings. The van der Waals surface area contributed by atoms with Crippen LogP contribution in [-0.4, -0.2) is 45.8 Å². The number of carbonyl (C=O) groups excluding carboxylic acids is 2. The first kappa shape index (κ1) is 30.9. The van der Waals surface area contributed by atoms with Crippen LogP contribution in [0.4, 0.5) is 11.5 Å². The van der Waals surface area contributed by atoms with Crippen LogP contribution in [0.15, 0.2) is 58.4 Å². The van der Waals surface area contributed by atoms with E-state index in [-0.39, 0.29) is 36.8 Å². The van der Waals surface area contributed by atoms with Gasteiger partial charge in [-0.15, -0.1) is 0 Å². The molecule has 0 saturated heterocycles. The van der Waals surface area contributed by atoms with Crippen LogP contribution in [0.3, 0.4) is 0 Å². The van der Waals surface area contributed by atoms with E-state index in [1.54, 1.807) is 25.2 Å². The number of aliphatic imine (C=N–C) groups is 1. The van der Waals surface area contributed by atoms with Crippen LogP contribution in [0.1, 0.15) is 62.5 Å². The molecule has 0 radical (unpaired) electrons. The first-order valence-corrected chi connectivity index (χ1v) is 13.5. The third-order valence-corrected chi connectivity index (χ3v) is 6.33. The molecule has 0 aliphatic heterocycles. The van der Waals surface area contributed by atoms with Crippen LogP contribution in [0.25, 0.3) is 11.3 Å². The summed E-state index contributed by atoms with van der Waals surface area (Å²) in [6.45, 7) is 9.59. The molecular formula is C30H40N8O3. The first-order valence-electron chi connectivity index (χ1n) is 13.5. The molecular weight excluding hydrogens is 520 g/mol. The largest absolute Gasteiger partial charge is 0.399 e. The van der Waals surface area contributed by atoms with E-state index in [1.807, 2.05) is 58.9 Å². The zero-order valence-electron chi connectivity index (χ0n) is 24.5. The van der Waals surface area contributed by atoms with Gasteiger partial charge in [-0.25, -0.2) is 4.98 Å². The Labute approximate surface area is 240 Å². The van der Waals surface area contributed by atoms with Gasteiger partial charge in [0.25, 0.3) is 11.5 Å². The molecule has 0 unspecified atom stereocenters. The van der Waals surface area contributed by atoms with Gasteiger partial charge < -0.3 is 27.4 Å². The molecule has 11 nitrogen and oxygen atoms in total. The van der Waals surface area contributed by atoms with Crippen molar-refractivity contribution in [2.75, 3.05) is 18.1 Å². The van der Waals surface area contributed by atoms with Crippen molar-refractivity contribution >= 4 is 29.2 Å². The molecule has 1 atom stereocenters. The average Bonchev–Trinajstić information content (AvgIpc) is 2.92. The molecule has 11 heteroatoms. The van der Waals surface area contributed by atoms with Crippen LogP contribution in [0.2, 0.25) is 0 Å². The maximum Gasteiger partial charge on any atom is 0.294 e. The highest BCUT2D eigenvalue weighted by molar-refractivity contribution is 5.97. The Morgan fingerprint density at radius 3 is 2.39 bits per heavy atom. The highest BCUT2D eigenvalue weighted by Crippen LogP contribution is 2.24. The Balaban J connectivity index is 1.95. The minimum atomic E-state index is -0.473. The summed E-state index contributed by atoms with van der Waals surface area (Å²) in [6, 6.07) is 12.2. The molecule has 41 heavy (non-hydrogen) atoms. The second kappa shape index (κ2) is 13.1. The van der Waals surface area contributed by atoms with Crippen LogP contribution < -0.4 is 33.0 Å². The Morgan fingerprint density at radius 2 is 1.78 bits per heavy atom. The van der Waals surface area contributed by atoms with Gasteiger partial charge in [0.15, 0.2) is 5.82 Å². The van der Waals surface area contributed by atoms with Gasteiger partial charge in [0, 0.05) is 47.6 Å². The van der Waals surface area contributed by atoms with Gasteiger partial charge in [0.1, 0.15) is 12.4 Å². The number of hydrogen-bond donors (Lipinski definition) is 5. The summed E-state index contributed by atoms with van der Waals surface area (Å²) in [7, 11) is 1.62. The van der Waals surface area contributed by atoms with Crippen LogP contribution in [-0.2, 0) is 17.9 Å². The molecule has 3 rings (SSSR count). The standard InChI is InChI=1S/C30H40N8O3/c1-7-18(2)36-28(40)22-12-21(13-23(31)14-22)24-16-35-27(37-30(3,4)5)29(41)38(24)17-25(39)34-15-19-8-10-20(11-9-19)26(32)33-6/h8-14,16,18H,7,15,17,31H2,1-6H3,(H2,32,33)(H,34,39)(H,35,37)(H,36,40)/t18-/m0/s1. The van der Waals surface area contributed by atoms with E-state index in [2.05, 4.69) is 25.9 Å². The molecule has 0 bridgehead atoms. The third kappa shape index (κ3) is 8.41. The SMILES string of the molecule is CC[C@H](C)NC(=O)c1cc(N)cc(-c2cnc(NC(C)(C)C)c(=O)n2CC(=O)NCc2ccc(C(N)=NC)cc2)c1. The predicted octanol–water partition coefficient (Wildman–Crippen LogP) is 2.88. The maximum atomic E-state index is 13.6. The smallest absolute Gasteiger partial charge is 0.294 e. The quantitative estimate of drug-likeness (QED) is 0.144. The number of nitrogens with one attached hydrogen (secondary N) is 3. The number of hydrogen-bond acceptors (Lipinski definition) is 7. The van der Waals surface area contributed by atoms with E-state index in [0.717, 1.165) is 17.5 Å². The second-order valence-electron chi connectivity index (χ2n) is 11.0. The molecule has 0 spiro atoms. The lowest BCUT2D eigenvalue weighted by atomic mass is 10.1. The maximum absolute atomic E-state index is 13.6. The average molecular weight is 561 g/mol. The highest BCUT2D eigenvalue weighted by atomic mass is 16.2. The molecule has 1 aromatic heterocycles. The topological polar surface area (TPSA) is 170 Å². The minimum absolute atomic E-state index is 0.0213. The van der Waals surface area contributed by atoms with Gasteiger partial charge in [-0.1, -0.05) is 31.2 Å². The monoisotopic (exact) mass is 560 g/mol. The molecule has 218 valence electrons. The lowest BCUT2D eigenvalue weighted by molar-refractivity contribution is -0.121. The van der Waals surface area contributed by atoms with Crippen molar-refractivity contribution in [1.29, 1.82) is 0 Å². The number of amides is 2. The van der Waals surface area contributed by atoms with Crippen molar-refractivity contribution in [3.8, 4) is 11.3 Å². The minimum Gasteiger partial charge on any atom is -0.399 e. The van der Waals surface area contributed by atoms with Gasteiger partial charge in [0.2, 0.25) is 5.91 Å². The summed E-state index contributed by atoms with van der Waals surface area (Å²) in [6.07, 6.45) is 2.28. The zero-order chi connectivity index (χ0) is 30.3. The van der Waals surface area contributed by atoms with E-state index in [1.165, 1.54) is 10.8 Å². The fourth-order valence-electron chi connectivity index (χ4n) is 3.98. The second-order valence-corrected chi connectivity index (χ2v) is 11.0. The molecule has 7 N–H and O–H groups in total. The van der Waals surface area contributed by atoms with Crippen molar-refractivity contribution in [1.82, 2.24) is 20.2 Å². The predicted molar refractivity (Wildman–Crippen MR) is 164 cm³/mol. The Kier molecular flexibility index (Phi) is 9.88. The van der Waals surface area contributed by atoms with Gasteiger partial charge in [-0.3, -0.25) is 23.9 Å². The Hall–Kier alpha value is -4.67. The van der Waals surface area contributed by atoms with Gasteiger partial charge in [0.05, 0.1) is 11.9 Å². The van der Waals surface area contributed by atoms with E-state index in [4.69, 9.17) is 11.5 Å². The molecule has 2 amide bonds. The fraction of sp³-hybridized carbons (Fsp3) is 0.367. The summed E-state index contributed by atoms with van der Waals surface area (Å²) in [4.78, 5) is 47.9. The first-order chi connectivity index (χ1) is 19.3. The zero-order valence-corrected chi connectivity index (χ0v) is 24.5. The van der Waals surface area contributed by atoms with Gasteiger partial charge in [-0.2, -0.15) is 0 Å². The van der Waals surface area contributed by atoms with Crippen LogP contribution >= 0.6 is 0 Å². The lowest BCUT2D eigenvalue weighted by Gasteiger charge is -2.22. The number of nitrogens with zero attached hydrogens (tertiary/aromatic N) is 3. The summed E-state index contributed by atoms with van der Waals surface area (Å²) in [5.41, 5.74) is 14.3. The van der Waals surface area contributed by atoms with E-state index < -0.39 is 11.1 Å². The van der Waals surface area contributed by atoms with Crippen molar-refractivity contribution in [3.05, 3.63) is 75.7 Å². The molecule has 3 aromatic rings. The van der Waals surface area contributed by atoms with Crippen LogP contribution in [0.5, 0.6) is 0 Å². The lowest BCUT2D eigenvalue weighted by Crippen LogP contribution is -2.37. The molecule has 0 fully saturated rings. The van der Waals surface area contributed by atoms with Crippen molar-refractivity contribution in [2.45, 2.75) is 65.7 Å². The number of aromatic nitrogens is 2. The van der Waals surface area contributed by atoms with Crippen molar-refractivity contribution < 1.29 is 9.59 Å². The molecule has 0 aliphatic carbocycles. The summed E-state index contributed by atoms with van der Waals surface area (Å²) in [5, 5.41) is 8.89. The fourth-order valence-corrected chi connectivity index (χ4v) is 3.98. The molecule has 2 aromatic carbocycles. The summed E-state index contributed by atoms with van der Waals surface area (Å²) < 4.78 is 1.34. The number of nitrogens with two attached hydrogens (primary N) is 2. The van der Waals surface area contributed by atoms with E-state index in [9.17, 15) is 14.4 Å². The molecule has 0 saturated carbocycles. The number of benzene rings is 2. The van der Waals surface area contributed by atoms with Gasteiger partial charge >= 0.3 is 0 Å².